The van der Waals surface area contributed by atoms with E-state index < -0.39 is 15.4 Å². The van der Waals surface area contributed by atoms with Crippen molar-refractivity contribution in [1.82, 2.24) is 15.1 Å². The molecule has 0 atom stereocenters. The lowest BCUT2D eigenvalue weighted by molar-refractivity contribution is 0.0913. The van der Waals surface area contributed by atoms with Gasteiger partial charge in [0.05, 0.1) is 22.9 Å². The number of carbonyl (C=O) groups excluding carboxylic acids is 1. The molecule has 1 aliphatic heterocycles. The van der Waals surface area contributed by atoms with Crippen molar-refractivity contribution in [2.75, 3.05) is 5.75 Å². The van der Waals surface area contributed by atoms with Crippen LogP contribution in [0.1, 0.15) is 48.1 Å². The van der Waals surface area contributed by atoms with Crippen molar-refractivity contribution in [3.8, 4) is 5.69 Å². The molecular weight excluding hydrogens is 338 g/mol. The fourth-order valence-electron chi connectivity index (χ4n) is 2.92. The van der Waals surface area contributed by atoms with Crippen LogP contribution in [0.2, 0.25) is 0 Å². The molecular formula is C18H23N3O3S. The van der Waals surface area contributed by atoms with E-state index in [-0.39, 0.29) is 23.1 Å². The zero-order chi connectivity index (χ0) is 18.4. The molecule has 2 heterocycles. The average Bonchev–Trinajstić information content (AvgIpc) is 2.83. The lowest BCUT2D eigenvalue weighted by atomic mass is 10.1. The van der Waals surface area contributed by atoms with Crippen molar-refractivity contribution in [1.29, 1.82) is 0 Å². The summed E-state index contributed by atoms with van der Waals surface area (Å²) in [4.78, 5) is 12.7. The first-order valence-electron chi connectivity index (χ1n) is 8.26. The highest BCUT2D eigenvalue weighted by Gasteiger charge is 2.32. The number of nitrogens with zero attached hydrogens (tertiary/aromatic N) is 2. The molecule has 0 bridgehead atoms. The van der Waals surface area contributed by atoms with E-state index in [2.05, 4.69) is 10.4 Å². The molecule has 0 unspecified atom stereocenters. The van der Waals surface area contributed by atoms with Gasteiger partial charge in [-0.2, -0.15) is 5.10 Å². The second kappa shape index (κ2) is 5.98. The van der Waals surface area contributed by atoms with Gasteiger partial charge in [-0.3, -0.25) is 4.79 Å². The van der Waals surface area contributed by atoms with Crippen LogP contribution in [0.15, 0.2) is 24.3 Å². The van der Waals surface area contributed by atoms with Crippen LogP contribution < -0.4 is 5.32 Å². The van der Waals surface area contributed by atoms with Crippen LogP contribution in [0.4, 0.5) is 0 Å². The van der Waals surface area contributed by atoms with Gasteiger partial charge in [-0.05, 0) is 39.8 Å². The van der Waals surface area contributed by atoms with E-state index in [1.165, 1.54) is 0 Å². The maximum Gasteiger partial charge on any atom is 0.272 e. The maximum atomic E-state index is 12.7. The first-order chi connectivity index (χ1) is 11.6. The summed E-state index contributed by atoms with van der Waals surface area (Å²) >= 11 is 0. The van der Waals surface area contributed by atoms with E-state index in [1.807, 2.05) is 52.0 Å². The Bertz CT molecular complexity index is 920. The molecule has 1 N–H and O–H groups in total. The van der Waals surface area contributed by atoms with Crippen molar-refractivity contribution in [3.05, 3.63) is 46.8 Å². The van der Waals surface area contributed by atoms with E-state index in [1.54, 1.807) is 4.68 Å². The highest BCUT2D eigenvalue weighted by atomic mass is 32.2. The Hall–Kier alpha value is -2.15. The quantitative estimate of drug-likeness (QED) is 0.889. The van der Waals surface area contributed by atoms with Crippen molar-refractivity contribution in [3.63, 3.8) is 0 Å². The minimum Gasteiger partial charge on any atom is -0.346 e. The lowest BCUT2D eigenvalue weighted by Gasteiger charge is -2.20. The van der Waals surface area contributed by atoms with E-state index in [4.69, 9.17) is 0 Å². The molecule has 0 aliphatic carbocycles. The third-order valence-corrected chi connectivity index (χ3v) is 5.64. The number of fused-ring (bicyclic) bond motifs is 1. The molecule has 0 spiro atoms. The Morgan fingerprint density at radius 1 is 1.20 bits per heavy atom. The van der Waals surface area contributed by atoms with Gasteiger partial charge in [0.25, 0.3) is 5.91 Å². The molecule has 25 heavy (non-hydrogen) atoms. The molecule has 1 aromatic heterocycles. The second-order valence-electron chi connectivity index (χ2n) is 7.57. The molecule has 0 radical (unpaired) electrons. The number of nitrogens with one attached hydrogen (secondary N) is 1. The largest absolute Gasteiger partial charge is 0.346 e. The number of carbonyl (C=O) groups is 1. The molecule has 1 aromatic carbocycles. The molecule has 0 fully saturated rings. The molecule has 3 rings (SSSR count). The third-order valence-electron chi connectivity index (χ3n) is 4.09. The number of hydrogen-bond donors (Lipinski definition) is 1. The van der Waals surface area contributed by atoms with Gasteiger partial charge >= 0.3 is 0 Å². The Labute approximate surface area is 148 Å². The number of rotatable bonds is 2. The van der Waals surface area contributed by atoms with Gasteiger partial charge in [-0.1, -0.05) is 17.7 Å². The van der Waals surface area contributed by atoms with E-state index in [0.29, 0.717) is 12.0 Å². The van der Waals surface area contributed by atoms with Crippen LogP contribution in [0.5, 0.6) is 0 Å². The maximum absolute atomic E-state index is 12.7. The lowest BCUT2D eigenvalue weighted by Crippen LogP contribution is -2.41. The van der Waals surface area contributed by atoms with Crippen molar-refractivity contribution in [2.24, 2.45) is 0 Å². The number of amides is 1. The normalized spacial score (nSPS) is 16.3. The first kappa shape index (κ1) is 17.7. The van der Waals surface area contributed by atoms with E-state index >= 15 is 0 Å². The van der Waals surface area contributed by atoms with Crippen LogP contribution in [0, 0.1) is 6.92 Å². The number of sulfone groups is 1. The van der Waals surface area contributed by atoms with Gasteiger partial charge in [0, 0.05) is 17.5 Å². The van der Waals surface area contributed by atoms with E-state index in [9.17, 15) is 13.2 Å². The van der Waals surface area contributed by atoms with Gasteiger partial charge in [0.2, 0.25) is 0 Å². The Morgan fingerprint density at radius 3 is 2.44 bits per heavy atom. The zero-order valence-corrected chi connectivity index (χ0v) is 15.8. The second-order valence-corrected chi connectivity index (χ2v) is 9.75. The van der Waals surface area contributed by atoms with Crippen molar-refractivity contribution in [2.45, 2.75) is 45.4 Å². The fraction of sp³-hybridized carbons (Fsp3) is 0.444. The van der Waals surface area contributed by atoms with Crippen LogP contribution in [-0.4, -0.2) is 35.4 Å². The molecule has 0 saturated heterocycles. The Kier molecular flexibility index (Phi) is 4.23. The monoisotopic (exact) mass is 361 g/mol. The number of hydrogen-bond acceptors (Lipinski definition) is 4. The fourth-order valence-corrected chi connectivity index (χ4v) is 4.31. The van der Waals surface area contributed by atoms with Gasteiger partial charge in [0.1, 0.15) is 0 Å². The first-order valence-corrected chi connectivity index (χ1v) is 10.1. The van der Waals surface area contributed by atoms with Gasteiger partial charge in [0.15, 0.2) is 15.5 Å². The minimum atomic E-state index is -3.20. The highest BCUT2D eigenvalue weighted by Crippen LogP contribution is 2.27. The van der Waals surface area contributed by atoms with Crippen LogP contribution in [-0.2, 0) is 22.0 Å². The predicted octanol–water partition coefficient (Wildman–Crippen LogP) is 2.18. The molecule has 6 nitrogen and oxygen atoms in total. The smallest absolute Gasteiger partial charge is 0.272 e. The van der Waals surface area contributed by atoms with Crippen molar-refractivity contribution < 1.29 is 13.2 Å². The number of aromatic nitrogens is 2. The van der Waals surface area contributed by atoms with Crippen molar-refractivity contribution >= 4 is 15.7 Å². The topological polar surface area (TPSA) is 81.1 Å². The predicted molar refractivity (Wildman–Crippen MR) is 96.7 cm³/mol. The Morgan fingerprint density at radius 2 is 1.84 bits per heavy atom. The van der Waals surface area contributed by atoms with Crippen LogP contribution in [0.3, 0.4) is 0 Å². The zero-order valence-electron chi connectivity index (χ0n) is 15.0. The third kappa shape index (κ3) is 3.76. The molecule has 2 aromatic rings. The minimum absolute atomic E-state index is 0.0812. The summed E-state index contributed by atoms with van der Waals surface area (Å²) in [7, 11) is -3.20. The summed E-state index contributed by atoms with van der Waals surface area (Å²) < 4.78 is 25.9. The Balaban J connectivity index is 2.12. The van der Waals surface area contributed by atoms with Crippen LogP contribution >= 0.6 is 0 Å². The summed E-state index contributed by atoms with van der Waals surface area (Å²) in [6, 6.07) is 7.80. The molecule has 134 valence electrons. The van der Waals surface area contributed by atoms with Gasteiger partial charge in [-0.15, -0.1) is 0 Å². The van der Waals surface area contributed by atoms with Crippen LogP contribution in [0.25, 0.3) is 5.69 Å². The summed E-state index contributed by atoms with van der Waals surface area (Å²) in [5, 5.41) is 7.36. The molecule has 0 saturated carbocycles. The molecule has 1 amide bonds. The number of aryl methyl sites for hydroxylation is 1. The standard InChI is InChI=1S/C18H23N3O3S/c1-12-5-7-13(8-6-12)21-15-9-10-25(23,24)11-14(15)16(20-21)17(22)19-18(2,3)4/h5-8H,9-11H2,1-4H3,(H,19,22). The summed E-state index contributed by atoms with van der Waals surface area (Å²) in [5.41, 5.74) is 3.06. The van der Waals surface area contributed by atoms with Gasteiger partial charge in [-0.25, -0.2) is 13.1 Å². The summed E-state index contributed by atoms with van der Waals surface area (Å²) in [6.07, 6.45) is 0.362. The number of benzene rings is 1. The van der Waals surface area contributed by atoms with Gasteiger partial charge < -0.3 is 5.32 Å². The highest BCUT2D eigenvalue weighted by molar-refractivity contribution is 7.90. The summed E-state index contributed by atoms with van der Waals surface area (Å²) in [5.74, 6) is -0.398. The molecule has 7 heteroatoms. The van der Waals surface area contributed by atoms with E-state index in [0.717, 1.165) is 16.9 Å². The molecule has 1 aliphatic rings. The summed E-state index contributed by atoms with van der Waals surface area (Å²) in [6.45, 7) is 7.64. The SMILES string of the molecule is Cc1ccc(-n2nc(C(=O)NC(C)(C)C)c3c2CCS(=O)(=O)C3)cc1. The average molecular weight is 361 g/mol.